The van der Waals surface area contributed by atoms with Crippen LogP contribution >= 0.6 is 11.8 Å². The maximum Gasteiger partial charge on any atom is 0.339 e. The Kier molecular flexibility index (Phi) is 5.78. The van der Waals surface area contributed by atoms with Gasteiger partial charge in [0, 0.05) is 23.4 Å². The van der Waals surface area contributed by atoms with Crippen LogP contribution in [-0.4, -0.2) is 25.1 Å². The molecule has 0 spiro atoms. The van der Waals surface area contributed by atoms with Gasteiger partial charge in [-0.15, -0.1) is 11.8 Å². The molecule has 0 bridgehead atoms. The monoisotopic (exact) mass is 302 g/mol. The molecule has 0 radical (unpaired) electrons. The Labute approximate surface area is 128 Å². The van der Waals surface area contributed by atoms with Crippen molar-refractivity contribution in [2.75, 3.05) is 14.2 Å². The summed E-state index contributed by atoms with van der Waals surface area (Å²) in [4.78, 5) is 16.8. The molecular formula is C16H18N2O2S. The van der Waals surface area contributed by atoms with Gasteiger partial charge in [0.25, 0.3) is 0 Å². The number of benzene rings is 1. The smallest absolute Gasteiger partial charge is 0.339 e. The lowest BCUT2D eigenvalue weighted by atomic mass is 10.2. The Morgan fingerprint density at radius 2 is 2.00 bits per heavy atom. The van der Waals surface area contributed by atoms with Gasteiger partial charge in [0.15, 0.2) is 0 Å². The molecule has 110 valence electrons. The molecule has 5 heteroatoms. The summed E-state index contributed by atoms with van der Waals surface area (Å²) in [5, 5.41) is 3.13. The minimum atomic E-state index is -0.359. The zero-order valence-electron chi connectivity index (χ0n) is 12.1. The molecule has 0 aliphatic rings. The van der Waals surface area contributed by atoms with Gasteiger partial charge in [0.1, 0.15) is 0 Å². The number of thioether (sulfide) groups is 1. The average molecular weight is 302 g/mol. The van der Waals surface area contributed by atoms with E-state index in [0.717, 1.165) is 18.0 Å². The number of nitrogens with zero attached hydrogens (tertiary/aromatic N) is 1. The van der Waals surface area contributed by atoms with Crippen LogP contribution in [0, 0.1) is 0 Å². The predicted octanol–water partition coefficient (Wildman–Crippen LogP) is 2.88. The molecule has 0 aliphatic carbocycles. The molecule has 2 aromatic rings. The molecule has 1 N–H and O–H groups in total. The number of aromatic nitrogens is 1. The third-order valence-corrected chi connectivity index (χ3v) is 3.98. The van der Waals surface area contributed by atoms with E-state index in [1.165, 1.54) is 17.6 Å². The summed E-state index contributed by atoms with van der Waals surface area (Å²) in [6.07, 6.45) is 1.55. The molecule has 1 aromatic carbocycles. The average Bonchev–Trinajstić information content (AvgIpc) is 2.54. The summed E-state index contributed by atoms with van der Waals surface area (Å²) in [5.74, 6) is 0.411. The van der Waals surface area contributed by atoms with Crippen molar-refractivity contribution >= 4 is 17.7 Å². The first-order chi connectivity index (χ1) is 10.2. The molecule has 0 amide bonds. The number of hydrogen-bond acceptors (Lipinski definition) is 5. The SMILES string of the molecule is CNCc1ccc(SCc2ccc(C(=O)OC)cn2)cc1. The normalized spacial score (nSPS) is 10.4. The van der Waals surface area contributed by atoms with Crippen LogP contribution < -0.4 is 5.32 Å². The number of methoxy groups -OCH3 is 1. The minimum Gasteiger partial charge on any atom is -0.465 e. The fourth-order valence-corrected chi connectivity index (χ4v) is 2.63. The molecule has 1 aromatic heterocycles. The van der Waals surface area contributed by atoms with E-state index in [4.69, 9.17) is 0 Å². The van der Waals surface area contributed by atoms with Gasteiger partial charge in [-0.2, -0.15) is 0 Å². The van der Waals surface area contributed by atoms with E-state index < -0.39 is 0 Å². The minimum absolute atomic E-state index is 0.359. The fourth-order valence-electron chi connectivity index (χ4n) is 1.81. The number of ether oxygens (including phenoxy) is 1. The van der Waals surface area contributed by atoms with Crippen molar-refractivity contribution in [3.8, 4) is 0 Å². The van der Waals surface area contributed by atoms with Crippen molar-refractivity contribution < 1.29 is 9.53 Å². The second-order valence-corrected chi connectivity index (χ2v) is 5.54. The number of nitrogens with one attached hydrogen (secondary N) is 1. The highest BCUT2D eigenvalue weighted by atomic mass is 32.2. The van der Waals surface area contributed by atoms with Crippen LogP contribution in [0.3, 0.4) is 0 Å². The summed E-state index contributed by atoms with van der Waals surface area (Å²) < 4.78 is 4.65. The highest BCUT2D eigenvalue weighted by Crippen LogP contribution is 2.22. The molecular weight excluding hydrogens is 284 g/mol. The van der Waals surface area contributed by atoms with Crippen molar-refractivity contribution in [3.05, 3.63) is 59.4 Å². The van der Waals surface area contributed by atoms with Crippen molar-refractivity contribution in [1.82, 2.24) is 10.3 Å². The maximum atomic E-state index is 11.3. The van der Waals surface area contributed by atoms with E-state index in [9.17, 15) is 4.79 Å². The molecule has 4 nitrogen and oxygen atoms in total. The molecule has 0 atom stereocenters. The molecule has 0 unspecified atom stereocenters. The zero-order valence-corrected chi connectivity index (χ0v) is 12.9. The highest BCUT2D eigenvalue weighted by molar-refractivity contribution is 7.98. The lowest BCUT2D eigenvalue weighted by molar-refractivity contribution is 0.0600. The van der Waals surface area contributed by atoms with Gasteiger partial charge in [0.2, 0.25) is 0 Å². The number of rotatable bonds is 6. The quantitative estimate of drug-likeness (QED) is 0.657. The van der Waals surface area contributed by atoms with Gasteiger partial charge in [0.05, 0.1) is 18.4 Å². The molecule has 0 saturated carbocycles. The van der Waals surface area contributed by atoms with Crippen molar-refractivity contribution in [3.63, 3.8) is 0 Å². The number of carbonyl (C=O) groups is 1. The Morgan fingerprint density at radius 3 is 2.57 bits per heavy atom. The first kappa shape index (κ1) is 15.5. The number of pyridine rings is 1. The Morgan fingerprint density at radius 1 is 1.24 bits per heavy atom. The van der Waals surface area contributed by atoms with Crippen molar-refractivity contribution in [2.24, 2.45) is 0 Å². The molecule has 0 fully saturated rings. The molecule has 1 heterocycles. The van der Waals surface area contributed by atoms with Crippen molar-refractivity contribution in [1.29, 1.82) is 0 Å². The topological polar surface area (TPSA) is 51.2 Å². The zero-order chi connectivity index (χ0) is 15.1. The van der Waals surface area contributed by atoms with Gasteiger partial charge in [-0.3, -0.25) is 4.98 Å². The first-order valence-electron chi connectivity index (χ1n) is 6.62. The summed E-state index contributed by atoms with van der Waals surface area (Å²) in [6, 6.07) is 12.1. The van der Waals surface area contributed by atoms with E-state index >= 15 is 0 Å². The summed E-state index contributed by atoms with van der Waals surface area (Å²) in [5.41, 5.74) is 2.68. The van der Waals surface area contributed by atoms with Crippen LogP contribution in [0.4, 0.5) is 0 Å². The van der Waals surface area contributed by atoms with Gasteiger partial charge in [-0.05, 0) is 36.9 Å². The first-order valence-corrected chi connectivity index (χ1v) is 7.61. The largest absolute Gasteiger partial charge is 0.465 e. The van der Waals surface area contributed by atoms with E-state index in [1.54, 1.807) is 24.0 Å². The number of carbonyl (C=O) groups excluding carboxylic acids is 1. The third-order valence-electron chi connectivity index (χ3n) is 2.94. The van der Waals surface area contributed by atoms with E-state index in [-0.39, 0.29) is 5.97 Å². The fraction of sp³-hybridized carbons (Fsp3) is 0.250. The molecule has 21 heavy (non-hydrogen) atoms. The van der Waals surface area contributed by atoms with Gasteiger partial charge >= 0.3 is 5.97 Å². The Hall–Kier alpha value is -1.85. The van der Waals surface area contributed by atoms with Gasteiger partial charge in [-0.25, -0.2) is 4.79 Å². The van der Waals surface area contributed by atoms with Crippen LogP contribution in [0.25, 0.3) is 0 Å². The van der Waals surface area contributed by atoms with Crippen LogP contribution in [0.2, 0.25) is 0 Å². The predicted molar refractivity (Wildman–Crippen MR) is 84.3 cm³/mol. The van der Waals surface area contributed by atoms with Crippen LogP contribution in [-0.2, 0) is 17.0 Å². The molecule has 0 saturated heterocycles. The Bertz CT molecular complexity index is 582. The number of esters is 1. The van der Waals surface area contributed by atoms with Crippen LogP contribution in [0.5, 0.6) is 0 Å². The lowest BCUT2D eigenvalue weighted by Gasteiger charge is -2.04. The van der Waals surface area contributed by atoms with Gasteiger partial charge < -0.3 is 10.1 Å². The number of hydrogen-bond donors (Lipinski definition) is 1. The van der Waals surface area contributed by atoms with E-state index in [2.05, 4.69) is 39.3 Å². The van der Waals surface area contributed by atoms with Gasteiger partial charge in [-0.1, -0.05) is 12.1 Å². The van der Waals surface area contributed by atoms with Crippen LogP contribution in [0.15, 0.2) is 47.5 Å². The molecule has 0 aliphatic heterocycles. The van der Waals surface area contributed by atoms with E-state index in [1.807, 2.05) is 13.1 Å². The summed E-state index contributed by atoms with van der Waals surface area (Å²) in [6.45, 7) is 0.876. The molecule has 2 rings (SSSR count). The second-order valence-electron chi connectivity index (χ2n) is 4.49. The lowest BCUT2D eigenvalue weighted by Crippen LogP contribution is -2.04. The standard InChI is InChI=1S/C16H18N2O2S/c1-17-9-12-3-7-15(8-4-12)21-11-14-6-5-13(10-18-14)16(19)20-2/h3-8,10,17H,9,11H2,1-2H3. The van der Waals surface area contributed by atoms with Crippen molar-refractivity contribution in [2.45, 2.75) is 17.2 Å². The highest BCUT2D eigenvalue weighted by Gasteiger charge is 2.05. The van der Waals surface area contributed by atoms with E-state index in [0.29, 0.717) is 5.56 Å². The second kappa shape index (κ2) is 7.81. The Balaban J connectivity index is 1.91. The summed E-state index contributed by atoms with van der Waals surface area (Å²) >= 11 is 1.72. The maximum absolute atomic E-state index is 11.3. The van der Waals surface area contributed by atoms with Crippen LogP contribution in [0.1, 0.15) is 21.6 Å². The summed E-state index contributed by atoms with van der Waals surface area (Å²) in [7, 11) is 3.30. The third kappa shape index (κ3) is 4.58.